The van der Waals surface area contributed by atoms with E-state index >= 15 is 0 Å². The monoisotopic (exact) mass is 200 g/mol. The van der Waals surface area contributed by atoms with Crippen LogP contribution >= 0.6 is 0 Å². The molecule has 14 heavy (non-hydrogen) atoms. The van der Waals surface area contributed by atoms with Gasteiger partial charge in [0.05, 0.1) is 6.10 Å². The van der Waals surface area contributed by atoms with Crippen LogP contribution in [-0.4, -0.2) is 17.9 Å². The Labute approximate surface area is 85.8 Å². The zero-order chi connectivity index (χ0) is 11.1. The SMILES string of the molecule is CC(C)CCCC(=O)C(=O)OC(C)C. The minimum Gasteiger partial charge on any atom is -0.457 e. The summed E-state index contributed by atoms with van der Waals surface area (Å²) in [5.74, 6) is -0.521. The quantitative estimate of drug-likeness (QED) is 0.488. The number of hydrogen-bond donors (Lipinski definition) is 0. The van der Waals surface area contributed by atoms with E-state index in [1.807, 2.05) is 0 Å². The lowest BCUT2D eigenvalue weighted by Gasteiger charge is -2.07. The molecule has 0 N–H and O–H groups in total. The van der Waals surface area contributed by atoms with Crippen LogP contribution in [0.3, 0.4) is 0 Å². The molecule has 0 aromatic heterocycles. The Balaban J connectivity index is 3.68. The highest BCUT2D eigenvalue weighted by Crippen LogP contribution is 2.07. The average Bonchev–Trinajstić information content (AvgIpc) is 2.01. The fourth-order valence-electron chi connectivity index (χ4n) is 1.05. The van der Waals surface area contributed by atoms with Crippen LogP contribution in [-0.2, 0) is 14.3 Å². The number of ketones is 1. The lowest BCUT2D eigenvalue weighted by Crippen LogP contribution is -2.20. The first-order chi connectivity index (χ1) is 6.43. The summed E-state index contributed by atoms with van der Waals surface area (Å²) in [4.78, 5) is 22.2. The summed E-state index contributed by atoms with van der Waals surface area (Å²) in [5.41, 5.74) is 0. The van der Waals surface area contributed by atoms with Crippen LogP contribution in [0.2, 0.25) is 0 Å². The Bertz CT molecular complexity index is 195. The molecule has 3 heteroatoms. The summed E-state index contributed by atoms with van der Waals surface area (Å²) in [6.45, 7) is 7.66. The van der Waals surface area contributed by atoms with E-state index < -0.39 is 11.8 Å². The third-order valence-electron chi connectivity index (χ3n) is 1.76. The molecule has 0 fully saturated rings. The highest BCUT2D eigenvalue weighted by molar-refractivity contribution is 6.33. The van der Waals surface area contributed by atoms with E-state index in [1.54, 1.807) is 13.8 Å². The highest BCUT2D eigenvalue weighted by Gasteiger charge is 2.15. The Morgan fingerprint density at radius 2 is 1.71 bits per heavy atom. The minimum atomic E-state index is -0.691. The summed E-state index contributed by atoms with van der Waals surface area (Å²) in [6, 6.07) is 0. The summed E-state index contributed by atoms with van der Waals surface area (Å²) in [5, 5.41) is 0. The van der Waals surface area contributed by atoms with Gasteiger partial charge in [0.2, 0.25) is 5.78 Å². The number of esters is 1. The number of hydrogen-bond acceptors (Lipinski definition) is 3. The van der Waals surface area contributed by atoms with E-state index in [0.29, 0.717) is 12.3 Å². The molecule has 0 radical (unpaired) electrons. The molecular formula is C11H20O3. The second-order valence-corrected chi connectivity index (χ2v) is 4.16. The van der Waals surface area contributed by atoms with Crippen LogP contribution in [0, 0.1) is 5.92 Å². The first-order valence-electron chi connectivity index (χ1n) is 5.17. The highest BCUT2D eigenvalue weighted by atomic mass is 16.5. The van der Waals surface area contributed by atoms with Gasteiger partial charge in [-0.25, -0.2) is 4.79 Å². The first kappa shape index (κ1) is 13.1. The molecule has 0 saturated carbocycles. The van der Waals surface area contributed by atoms with Crippen molar-refractivity contribution in [1.29, 1.82) is 0 Å². The van der Waals surface area contributed by atoms with E-state index in [1.165, 1.54) is 0 Å². The van der Waals surface area contributed by atoms with E-state index in [-0.39, 0.29) is 6.10 Å². The van der Waals surface area contributed by atoms with Crippen LogP contribution in [0.25, 0.3) is 0 Å². The van der Waals surface area contributed by atoms with Crippen molar-refractivity contribution in [3.63, 3.8) is 0 Å². The van der Waals surface area contributed by atoms with Gasteiger partial charge in [-0.1, -0.05) is 20.3 Å². The molecule has 0 atom stereocenters. The smallest absolute Gasteiger partial charge is 0.374 e. The number of carbonyl (C=O) groups is 2. The predicted molar refractivity (Wildman–Crippen MR) is 54.9 cm³/mol. The maximum absolute atomic E-state index is 11.2. The number of rotatable bonds is 6. The van der Waals surface area contributed by atoms with Gasteiger partial charge in [-0.2, -0.15) is 0 Å². The fourth-order valence-corrected chi connectivity index (χ4v) is 1.05. The average molecular weight is 200 g/mol. The minimum absolute atomic E-state index is 0.212. The molecule has 0 aliphatic heterocycles. The maximum atomic E-state index is 11.2. The van der Waals surface area contributed by atoms with Crippen LogP contribution in [0.4, 0.5) is 0 Å². The summed E-state index contributed by atoms with van der Waals surface area (Å²) < 4.78 is 4.78. The standard InChI is InChI=1S/C11H20O3/c1-8(2)6-5-7-10(12)11(13)14-9(3)4/h8-9H,5-7H2,1-4H3. The van der Waals surface area contributed by atoms with Crippen LogP contribution in [0.5, 0.6) is 0 Å². The molecule has 3 nitrogen and oxygen atoms in total. The number of ether oxygens (including phenoxy) is 1. The van der Waals surface area contributed by atoms with Gasteiger partial charge >= 0.3 is 5.97 Å². The number of carbonyl (C=O) groups excluding carboxylic acids is 2. The molecule has 0 saturated heterocycles. The molecule has 0 bridgehead atoms. The third-order valence-corrected chi connectivity index (χ3v) is 1.76. The van der Waals surface area contributed by atoms with Gasteiger partial charge in [-0.05, 0) is 26.2 Å². The van der Waals surface area contributed by atoms with E-state index in [0.717, 1.165) is 12.8 Å². The second-order valence-electron chi connectivity index (χ2n) is 4.16. The molecular weight excluding hydrogens is 180 g/mol. The molecule has 0 aliphatic carbocycles. The van der Waals surface area contributed by atoms with Gasteiger partial charge in [-0.15, -0.1) is 0 Å². The van der Waals surface area contributed by atoms with E-state index in [9.17, 15) is 9.59 Å². The molecule has 0 spiro atoms. The lowest BCUT2D eigenvalue weighted by molar-refractivity contribution is -0.156. The van der Waals surface area contributed by atoms with Gasteiger partial charge < -0.3 is 4.74 Å². The van der Waals surface area contributed by atoms with Crippen LogP contribution in [0.15, 0.2) is 0 Å². The Morgan fingerprint density at radius 3 is 2.14 bits per heavy atom. The van der Waals surface area contributed by atoms with Crippen LogP contribution < -0.4 is 0 Å². The van der Waals surface area contributed by atoms with Crippen molar-refractivity contribution in [2.75, 3.05) is 0 Å². The van der Waals surface area contributed by atoms with Crippen LogP contribution in [0.1, 0.15) is 47.0 Å². The molecule has 82 valence electrons. The zero-order valence-corrected chi connectivity index (χ0v) is 9.50. The van der Waals surface area contributed by atoms with Gasteiger partial charge in [0.25, 0.3) is 0 Å². The molecule has 0 amide bonds. The normalized spacial score (nSPS) is 10.7. The Kier molecular flexibility index (Phi) is 6.17. The Morgan fingerprint density at radius 1 is 1.14 bits per heavy atom. The zero-order valence-electron chi connectivity index (χ0n) is 9.50. The first-order valence-corrected chi connectivity index (χ1v) is 5.17. The van der Waals surface area contributed by atoms with Gasteiger partial charge in [0.1, 0.15) is 0 Å². The van der Waals surface area contributed by atoms with Crippen molar-refractivity contribution in [1.82, 2.24) is 0 Å². The van der Waals surface area contributed by atoms with Crippen molar-refractivity contribution in [3.8, 4) is 0 Å². The second kappa shape index (κ2) is 6.57. The predicted octanol–water partition coefficient (Wildman–Crippen LogP) is 2.33. The molecule has 0 aromatic carbocycles. The lowest BCUT2D eigenvalue weighted by atomic mass is 10.1. The van der Waals surface area contributed by atoms with Crippen molar-refractivity contribution in [2.24, 2.45) is 5.92 Å². The van der Waals surface area contributed by atoms with Gasteiger partial charge in [0, 0.05) is 6.42 Å². The van der Waals surface area contributed by atoms with E-state index in [2.05, 4.69) is 13.8 Å². The molecule has 0 heterocycles. The molecule has 0 rings (SSSR count). The van der Waals surface area contributed by atoms with Gasteiger partial charge in [0.15, 0.2) is 0 Å². The van der Waals surface area contributed by atoms with Crippen molar-refractivity contribution >= 4 is 11.8 Å². The third kappa shape index (κ3) is 6.63. The molecule has 0 aromatic rings. The maximum Gasteiger partial charge on any atom is 0.374 e. The van der Waals surface area contributed by atoms with Crippen molar-refractivity contribution < 1.29 is 14.3 Å². The van der Waals surface area contributed by atoms with Crippen molar-refractivity contribution in [3.05, 3.63) is 0 Å². The van der Waals surface area contributed by atoms with Gasteiger partial charge in [-0.3, -0.25) is 4.79 Å². The topological polar surface area (TPSA) is 43.4 Å². The Hall–Kier alpha value is -0.860. The molecule has 0 unspecified atom stereocenters. The number of Topliss-reactive ketones (excluding diaryl/α,β-unsaturated/α-hetero) is 1. The van der Waals surface area contributed by atoms with E-state index in [4.69, 9.17) is 4.74 Å². The molecule has 0 aliphatic rings. The largest absolute Gasteiger partial charge is 0.457 e. The van der Waals surface area contributed by atoms with Crippen molar-refractivity contribution in [2.45, 2.75) is 53.1 Å². The summed E-state index contributed by atoms with van der Waals surface area (Å²) in [7, 11) is 0. The summed E-state index contributed by atoms with van der Waals surface area (Å²) >= 11 is 0. The fraction of sp³-hybridized carbons (Fsp3) is 0.818. The summed E-state index contributed by atoms with van der Waals surface area (Å²) in [6.07, 6.45) is 1.84.